The summed E-state index contributed by atoms with van der Waals surface area (Å²) in [5.74, 6) is 0.550. The van der Waals surface area contributed by atoms with Gasteiger partial charge in [-0.05, 0) is 25.1 Å². The van der Waals surface area contributed by atoms with Gasteiger partial charge in [-0.1, -0.05) is 29.4 Å². The normalized spacial score (nSPS) is 11.2. The summed E-state index contributed by atoms with van der Waals surface area (Å²) in [6.07, 6.45) is 0. The molecule has 2 aromatic carbocycles. The number of hydrogen-bond donors (Lipinski definition) is 1. The smallest absolute Gasteiger partial charge is 0.276 e. The van der Waals surface area contributed by atoms with Crippen molar-refractivity contribution in [2.45, 2.75) is 13.5 Å². The van der Waals surface area contributed by atoms with Crippen molar-refractivity contribution in [1.29, 1.82) is 0 Å². The lowest BCUT2D eigenvalue weighted by molar-refractivity contribution is -0.385. The monoisotopic (exact) mass is 286 g/mol. The fourth-order valence-corrected chi connectivity index (χ4v) is 1.84. The van der Waals surface area contributed by atoms with E-state index in [1.807, 2.05) is 0 Å². The van der Waals surface area contributed by atoms with Gasteiger partial charge >= 0.3 is 0 Å². The number of benzene rings is 2. The molecule has 0 atom stereocenters. The molecule has 0 bridgehead atoms. The molecule has 0 heterocycles. The van der Waals surface area contributed by atoms with Gasteiger partial charge in [-0.2, -0.15) is 0 Å². The number of hydrogen-bond acceptors (Lipinski definition) is 5. The number of oxime groups is 1. The highest BCUT2D eigenvalue weighted by Crippen LogP contribution is 2.21. The second-order valence-electron chi connectivity index (χ2n) is 4.39. The minimum Gasteiger partial charge on any atom is -0.489 e. The van der Waals surface area contributed by atoms with Crippen molar-refractivity contribution in [3.05, 3.63) is 69.8 Å². The van der Waals surface area contributed by atoms with Crippen molar-refractivity contribution < 1.29 is 14.9 Å². The lowest BCUT2D eigenvalue weighted by atomic mass is 10.1. The Kier molecular flexibility index (Phi) is 4.50. The third-order valence-corrected chi connectivity index (χ3v) is 2.98. The van der Waals surface area contributed by atoms with Crippen LogP contribution in [0.4, 0.5) is 5.69 Å². The summed E-state index contributed by atoms with van der Waals surface area (Å²) in [4.78, 5) is 10.5. The molecule has 6 nitrogen and oxygen atoms in total. The van der Waals surface area contributed by atoms with Crippen LogP contribution in [0.2, 0.25) is 0 Å². The molecule has 0 aliphatic rings. The average molecular weight is 286 g/mol. The fraction of sp³-hybridized carbons (Fsp3) is 0.133. The first-order valence-corrected chi connectivity index (χ1v) is 6.26. The second kappa shape index (κ2) is 6.51. The number of nitro benzene ring substituents is 1. The van der Waals surface area contributed by atoms with Crippen LogP contribution in [0.15, 0.2) is 53.7 Å². The molecule has 0 amide bonds. The molecule has 0 saturated heterocycles. The zero-order chi connectivity index (χ0) is 15.2. The number of para-hydroxylation sites is 1. The van der Waals surface area contributed by atoms with Gasteiger partial charge in [-0.3, -0.25) is 10.1 Å². The molecule has 0 spiro atoms. The van der Waals surface area contributed by atoms with Crippen LogP contribution in [-0.4, -0.2) is 15.8 Å². The van der Waals surface area contributed by atoms with Crippen LogP contribution < -0.4 is 4.74 Å². The zero-order valence-electron chi connectivity index (χ0n) is 11.4. The van der Waals surface area contributed by atoms with Gasteiger partial charge in [0.25, 0.3) is 5.69 Å². The maximum absolute atomic E-state index is 10.9. The Morgan fingerprint density at radius 3 is 2.76 bits per heavy atom. The summed E-state index contributed by atoms with van der Waals surface area (Å²) in [7, 11) is 0. The van der Waals surface area contributed by atoms with Crippen LogP contribution in [0, 0.1) is 10.1 Å². The third-order valence-electron chi connectivity index (χ3n) is 2.98. The third kappa shape index (κ3) is 3.56. The van der Waals surface area contributed by atoms with E-state index in [-0.39, 0.29) is 12.3 Å². The van der Waals surface area contributed by atoms with Gasteiger partial charge in [0.2, 0.25) is 0 Å². The molecule has 0 fully saturated rings. The Morgan fingerprint density at radius 2 is 2.05 bits per heavy atom. The quantitative estimate of drug-likeness (QED) is 0.395. The lowest BCUT2D eigenvalue weighted by Crippen LogP contribution is -2.01. The van der Waals surface area contributed by atoms with Gasteiger partial charge in [0.15, 0.2) is 0 Å². The van der Waals surface area contributed by atoms with Gasteiger partial charge in [0.1, 0.15) is 12.4 Å². The van der Waals surface area contributed by atoms with Crippen molar-refractivity contribution in [3.63, 3.8) is 0 Å². The van der Waals surface area contributed by atoms with E-state index in [1.54, 1.807) is 49.4 Å². The van der Waals surface area contributed by atoms with Crippen LogP contribution >= 0.6 is 0 Å². The number of nitro groups is 1. The van der Waals surface area contributed by atoms with E-state index < -0.39 is 4.92 Å². The average Bonchev–Trinajstić information content (AvgIpc) is 2.52. The SMILES string of the molecule is C/C(=N\O)c1cccc(OCc2ccccc2[N+](=O)[O-])c1. The molecule has 0 unspecified atom stereocenters. The van der Waals surface area contributed by atoms with Crippen LogP contribution in [-0.2, 0) is 6.61 Å². The standard InChI is InChI=1S/C15H14N2O4/c1-11(16-18)12-6-4-7-14(9-12)21-10-13-5-2-3-8-15(13)17(19)20/h2-9,18H,10H2,1H3/b16-11+. The Hall–Kier alpha value is -2.89. The molecule has 21 heavy (non-hydrogen) atoms. The minimum atomic E-state index is -0.433. The number of nitrogens with zero attached hydrogens (tertiary/aromatic N) is 2. The van der Waals surface area contributed by atoms with Crippen LogP contribution in [0.3, 0.4) is 0 Å². The van der Waals surface area contributed by atoms with Crippen molar-refractivity contribution in [3.8, 4) is 5.75 Å². The molecule has 0 aliphatic carbocycles. The van der Waals surface area contributed by atoms with E-state index in [0.29, 0.717) is 17.0 Å². The summed E-state index contributed by atoms with van der Waals surface area (Å²) in [5.41, 5.74) is 1.71. The summed E-state index contributed by atoms with van der Waals surface area (Å²) in [6.45, 7) is 1.76. The molecule has 0 aromatic heterocycles. The second-order valence-corrected chi connectivity index (χ2v) is 4.39. The molecule has 0 saturated carbocycles. The molecular formula is C15H14N2O4. The predicted octanol–water partition coefficient (Wildman–Crippen LogP) is 3.37. The van der Waals surface area contributed by atoms with Crippen LogP contribution in [0.1, 0.15) is 18.1 Å². The van der Waals surface area contributed by atoms with Crippen LogP contribution in [0.5, 0.6) is 5.75 Å². The minimum absolute atomic E-state index is 0.0294. The fourth-order valence-electron chi connectivity index (χ4n) is 1.84. The van der Waals surface area contributed by atoms with Crippen molar-refractivity contribution in [1.82, 2.24) is 0 Å². The van der Waals surface area contributed by atoms with E-state index in [4.69, 9.17) is 9.94 Å². The van der Waals surface area contributed by atoms with E-state index in [0.717, 1.165) is 5.56 Å². The summed E-state index contributed by atoms with van der Waals surface area (Å²) in [6, 6.07) is 13.4. The first kappa shape index (κ1) is 14.5. The molecule has 0 aliphatic heterocycles. The molecule has 6 heteroatoms. The first-order valence-electron chi connectivity index (χ1n) is 6.26. The highest BCUT2D eigenvalue weighted by atomic mass is 16.6. The largest absolute Gasteiger partial charge is 0.489 e. The van der Waals surface area contributed by atoms with E-state index >= 15 is 0 Å². The summed E-state index contributed by atoms with van der Waals surface area (Å²) in [5, 5.41) is 22.8. The highest BCUT2D eigenvalue weighted by Gasteiger charge is 2.12. The van der Waals surface area contributed by atoms with Gasteiger partial charge in [-0.15, -0.1) is 0 Å². The molecule has 2 rings (SSSR count). The first-order chi connectivity index (χ1) is 10.1. The zero-order valence-corrected chi connectivity index (χ0v) is 11.4. The summed E-state index contributed by atoms with van der Waals surface area (Å²) >= 11 is 0. The van der Waals surface area contributed by atoms with Gasteiger partial charge in [0.05, 0.1) is 16.2 Å². The topological polar surface area (TPSA) is 85.0 Å². The van der Waals surface area contributed by atoms with Gasteiger partial charge < -0.3 is 9.94 Å². The number of ether oxygens (including phenoxy) is 1. The molecule has 108 valence electrons. The summed E-state index contributed by atoms with van der Waals surface area (Å²) < 4.78 is 5.58. The predicted molar refractivity (Wildman–Crippen MR) is 77.9 cm³/mol. The molecular weight excluding hydrogens is 272 g/mol. The van der Waals surface area contributed by atoms with Crippen molar-refractivity contribution in [2.24, 2.45) is 5.16 Å². The molecule has 0 radical (unpaired) electrons. The number of rotatable bonds is 5. The lowest BCUT2D eigenvalue weighted by Gasteiger charge is -2.08. The van der Waals surface area contributed by atoms with E-state index in [2.05, 4.69) is 5.16 Å². The maximum Gasteiger partial charge on any atom is 0.276 e. The van der Waals surface area contributed by atoms with E-state index in [9.17, 15) is 10.1 Å². The maximum atomic E-state index is 10.9. The molecule has 2 aromatic rings. The Bertz CT molecular complexity index is 683. The van der Waals surface area contributed by atoms with Crippen LogP contribution in [0.25, 0.3) is 0 Å². The van der Waals surface area contributed by atoms with Gasteiger partial charge in [0, 0.05) is 11.6 Å². The Labute approximate surface area is 121 Å². The van der Waals surface area contributed by atoms with E-state index in [1.165, 1.54) is 6.07 Å². The highest BCUT2D eigenvalue weighted by molar-refractivity contribution is 5.98. The van der Waals surface area contributed by atoms with Crippen molar-refractivity contribution in [2.75, 3.05) is 0 Å². The van der Waals surface area contributed by atoms with Crippen molar-refractivity contribution >= 4 is 11.4 Å². The Morgan fingerprint density at radius 1 is 1.29 bits per heavy atom. The van der Waals surface area contributed by atoms with Gasteiger partial charge in [-0.25, -0.2) is 0 Å². The molecule has 1 N–H and O–H groups in total. The Balaban J connectivity index is 2.16.